The van der Waals surface area contributed by atoms with Gasteiger partial charge in [-0.25, -0.2) is 4.39 Å². The predicted octanol–water partition coefficient (Wildman–Crippen LogP) is 3.81. The molecule has 4 rings (SSSR count). The molecule has 2 fully saturated rings. The van der Waals surface area contributed by atoms with Crippen LogP contribution in [-0.4, -0.2) is 28.1 Å². The fourth-order valence-corrected chi connectivity index (χ4v) is 4.25. The van der Waals surface area contributed by atoms with Crippen LogP contribution >= 0.6 is 0 Å². The van der Waals surface area contributed by atoms with E-state index in [1.165, 1.54) is 38.2 Å². The molecule has 0 unspecified atom stereocenters. The molecule has 0 bridgehead atoms. The van der Waals surface area contributed by atoms with E-state index in [-0.39, 0.29) is 5.82 Å². The third-order valence-electron chi connectivity index (χ3n) is 5.55. The lowest BCUT2D eigenvalue weighted by molar-refractivity contribution is 0.0747. The first-order valence-corrected chi connectivity index (χ1v) is 9.05. The monoisotopic (exact) mass is 329 g/mol. The van der Waals surface area contributed by atoms with Gasteiger partial charge >= 0.3 is 0 Å². The van der Waals surface area contributed by atoms with Gasteiger partial charge in [0.25, 0.3) is 0 Å². The van der Waals surface area contributed by atoms with Crippen LogP contribution in [0.15, 0.2) is 28.8 Å². The Hall–Kier alpha value is -1.75. The van der Waals surface area contributed by atoms with E-state index in [2.05, 4.69) is 15.0 Å². The van der Waals surface area contributed by atoms with E-state index in [0.717, 1.165) is 24.9 Å². The Balaban J connectivity index is 1.36. The van der Waals surface area contributed by atoms with Crippen LogP contribution in [0.5, 0.6) is 0 Å². The molecule has 1 saturated carbocycles. The first-order chi connectivity index (χ1) is 11.8. The zero-order valence-electron chi connectivity index (χ0n) is 14.0. The second-order valence-corrected chi connectivity index (χ2v) is 7.20. The number of piperidine rings is 1. The minimum absolute atomic E-state index is 0.219. The third-order valence-corrected chi connectivity index (χ3v) is 5.55. The van der Waals surface area contributed by atoms with Gasteiger partial charge in [0.1, 0.15) is 5.82 Å². The fourth-order valence-electron chi connectivity index (χ4n) is 4.25. The Morgan fingerprint density at radius 1 is 1.12 bits per heavy atom. The lowest BCUT2D eigenvalue weighted by Crippen LogP contribution is -2.41. The largest absolute Gasteiger partial charge is 0.338 e. The summed E-state index contributed by atoms with van der Waals surface area (Å²) >= 11 is 0. The molecule has 128 valence electrons. The summed E-state index contributed by atoms with van der Waals surface area (Å²) in [6.45, 7) is 2.98. The van der Waals surface area contributed by atoms with Crippen molar-refractivity contribution in [2.45, 2.75) is 45.1 Å². The smallest absolute Gasteiger partial charge is 0.240 e. The first-order valence-electron chi connectivity index (χ1n) is 9.05. The maximum atomic E-state index is 13.7. The Labute approximate surface area is 142 Å². The predicted molar refractivity (Wildman–Crippen MR) is 88.8 cm³/mol. The minimum Gasteiger partial charge on any atom is -0.338 e. The first kappa shape index (κ1) is 15.8. The van der Waals surface area contributed by atoms with Gasteiger partial charge in [-0.15, -0.1) is 0 Å². The molecule has 2 aromatic rings. The van der Waals surface area contributed by atoms with Gasteiger partial charge in [-0.1, -0.05) is 42.6 Å². The molecule has 5 heteroatoms. The van der Waals surface area contributed by atoms with Gasteiger partial charge in [-0.2, -0.15) is 4.98 Å². The summed E-state index contributed by atoms with van der Waals surface area (Å²) in [5.74, 6) is 2.75. The maximum absolute atomic E-state index is 13.7. The molecule has 0 amide bonds. The van der Waals surface area contributed by atoms with Crippen molar-refractivity contribution in [2.24, 2.45) is 11.8 Å². The highest BCUT2D eigenvalue weighted by atomic mass is 19.1. The van der Waals surface area contributed by atoms with Crippen molar-refractivity contribution in [3.63, 3.8) is 0 Å². The lowest BCUT2D eigenvalue weighted by Gasteiger charge is -2.40. The van der Waals surface area contributed by atoms with Crippen molar-refractivity contribution >= 4 is 0 Å². The molecule has 2 heterocycles. The van der Waals surface area contributed by atoms with Crippen molar-refractivity contribution in [1.82, 2.24) is 15.0 Å². The second kappa shape index (κ2) is 7.01. The number of rotatable bonds is 4. The van der Waals surface area contributed by atoms with Crippen molar-refractivity contribution in [3.8, 4) is 0 Å². The van der Waals surface area contributed by atoms with E-state index in [9.17, 15) is 4.39 Å². The summed E-state index contributed by atoms with van der Waals surface area (Å²) in [6, 6.07) is 6.74. The van der Waals surface area contributed by atoms with Crippen molar-refractivity contribution < 1.29 is 8.91 Å². The van der Waals surface area contributed by atoms with E-state index < -0.39 is 0 Å². The van der Waals surface area contributed by atoms with Gasteiger partial charge in [0.05, 0.1) is 6.54 Å². The molecular formula is C19H24FN3O. The fraction of sp³-hybridized carbons (Fsp3) is 0.579. The summed E-state index contributed by atoms with van der Waals surface area (Å²) in [7, 11) is 0. The van der Waals surface area contributed by atoms with E-state index >= 15 is 0 Å². The van der Waals surface area contributed by atoms with Crippen LogP contribution in [0, 0.1) is 17.7 Å². The standard InChI is InChI=1S/C19H24FN3O/c20-17-8-4-3-6-15(17)11-18-21-19(24-22-18)13-23-10-9-14-5-1-2-7-16(14)12-23/h3-4,6,8,14,16H,1-2,5,7,9-13H2/t14-,16-/m0/s1. The number of likely N-dealkylation sites (tertiary alicyclic amines) is 1. The normalized spacial score (nSPS) is 24.7. The molecule has 24 heavy (non-hydrogen) atoms. The molecule has 2 atom stereocenters. The number of hydrogen-bond donors (Lipinski definition) is 0. The van der Waals surface area contributed by atoms with Gasteiger partial charge in [0.2, 0.25) is 5.89 Å². The minimum atomic E-state index is -0.219. The molecule has 2 aliphatic rings. The average molecular weight is 329 g/mol. The summed E-state index contributed by atoms with van der Waals surface area (Å²) in [4.78, 5) is 6.90. The Bertz CT molecular complexity index is 687. The number of hydrogen-bond acceptors (Lipinski definition) is 4. The highest BCUT2D eigenvalue weighted by Gasteiger charge is 2.31. The molecule has 0 spiro atoms. The molecule has 0 N–H and O–H groups in total. The third kappa shape index (κ3) is 3.51. The highest BCUT2D eigenvalue weighted by Crippen LogP contribution is 2.36. The molecular weight excluding hydrogens is 305 g/mol. The number of aromatic nitrogens is 2. The Morgan fingerprint density at radius 3 is 2.83 bits per heavy atom. The van der Waals surface area contributed by atoms with E-state index in [0.29, 0.717) is 30.2 Å². The van der Waals surface area contributed by atoms with Crippen LogP contribution in [-0.2, 0) is 13.0 Å². The maximum Gasteiger partial charge on any atom is 0.240 e. The Morgan fingerprint density at radius 2 is 1.96 bits per heavy atom. The van der Waals surface area contributed by atoms with Gasteiger partial charge in [-0.3, -0.25) is 4.90 Å². The molecule has 1 aliphatic heterocycles. The van der Waals surface area contributed by atoms with Crippen molar-refractivity contribution in [1.29, 1.82) is 0 Å². The van der Waals surface area contributed by atoms with Gasteiger partial charge in [0.15, 0.2) is 5.82 Å². The molecule has 1 aromatic heterocycles. The van der Waals surface area contributed by atoms with Crippen LogP contribution < -0.4 is 0 Å². The van der Waals surface area contributed by atoms with Crippen LogP contribution in [0.2, 0.25) is 0 Å². The van der Waals surface area contributed by atoms with E-state index in [4.69, 9.17) is 4.52 Å². The van der Waals surface area contributed by atoms with Crippen LogP contribution in [0.1, 0.15) is 49.4 Å². The summed E-state index contributed by atoms with van der Waals surface area (Å²) in [5, 5.41) is 4.02. The molecule has 4 nitrogen and oxygen atoms in total. The van der Waals surface area contributed by atoms with Crippen LogP contribution in [0.4, 0.5) is 4.39 Å². The van der Waals surface area contributed by atoms with Gasteiger partial charge in [-0.05, 0) is 42.9 Å². The molecule has 1 aliphatic carbocycles. The van der Waals surface area contributed by atoms with E-state index in [1.54, 1.807) is 12.1 Å². The number of halogens is 1. The zero-order chi connectivity index (χ0) is 16.4. The van der Waals surface area contributed by atoms with Gasteiger partial charge in [0, 0.05) is 13.0 Å². The van der Waals surface area contributed by atoms with E-state index in [1.807, 2.05) is 6.07 Å². The topological polar surface area (TPSA) is 42.2 Å². The number of benzene rings is 1. The quantitative estimate of drug-likeness (QED) is 0.855. The average Bonchev–Trinajstić information content (AvgIpc) is 3.04. The zero-order valence-corrected chi connectivity index (χ0v) is 14.0. The van der Waals surface area contributed by atoms with Crippen LogP contribution in [0.25, 0.3) is 0 Å². The Kier molecular flexibility index (Phi) is 4.60. The summed E-state index contributed by atoms with van der Waals surface area (Å²) in [6.07, 6.45) is 7.23. The summed E-state index contributed by atoms with van der Waals surface area (Å²) in [5.41, 5.74) is 0.605. The lowest BCUT2D eigenvalue weighted by atomic mass is 9.75. The SMILES string of the molecule is Fc1ccccc1Cc1noc(CN2CC[C@@H]3CCCC[C@H]3C2)n1. The van der Waals surface area contributed by atoms with Gasteiger partial charge < -0.3 is 4.52 Å². The number of nitrogens with zero attached hydrogens (tertiary/aromatic N) is 3. The van der Waals surface area contributed by atoms with Crippen molar-refractivity contribution in [2.75, 3.05) is 13.1 Å². The van der Waals surface area contributed by atoms with Crippen molar-refractivity contribution in [3.05, 3.63) is 47.4 Å². The summed E-state index contributed by atoms with van der Waals surface area (Å²) < 4.78 is 19.1. The number of fused-ring (bicyclic) bond motifs is 1. The van der Waals surface area contributed by atoms with Crippen LogP contribution in [0.3, 0.4) is 0 Å². The molecule has 1 saturated heterocycles. The molecule has 0 radical (unpaired) electrons. The molecule has 1 aromatic carbocycles. The second-order valence-electron chi connectivity index (χ2n) is 7.20. The highest BCUT2D eigenvalue weighted by molar-refractivity contribution is 5.20.